The van der Waals surface area contributed by atoms with Crippen LogP contribution in [-0.4, -0.2) is 14.8 Å². The summed E-state index contributed by atoms with van der Waals surface area (Å²) in [5.41, 5.74) is 1.28. The average Bonchev–Trinajstić information content (AvgIpc) is 3.03. The van der Waals surface area contributed by atoms with Gasteiger partial charge < -0.3 is 4.57 Å². The van der Waals surface area contributed by atoms with E-state index in [2.05, 4.69) is 55.0 Å². The van der Waals surface area contributed by atoms with Gasteiger partial charge in [-0.25, -0.2) is 0 Å². The Morgan fingerprint density at radius 2 is 2.00 bits per heavy atom. The molecule has 1 fully saturated rings. The molecule has 0 radical (unpaired) electrons. The maximum absolute atomic E-state index is 4.20. The van der Waals surface area contributed by atoms with Gasteiger partial charge in [0.15, 0.2) is 0 Å². The summed E-state index contributed by atoms with van der Waals surface area (Å²) in [5, 5.41) is 8.20. The van der Waals surface area contributed by atoms with Gasteiger partial charge in [0.1, 0.15) is 12.2 Å². The van der Waals surface area contributed by atoms with E-state index in [-0.39, 0.29) is 0 Å². The molecule has 1 aliphatic carbocycles. The second-order valence-corrected chi connectivity index (χ2v) is 5.10. The van der Waals surface area contributed by atoms with Crippen molar-refractivity contribution < 1.29 is 0 Å². The van der Waals surface area contributed by atoms with E-state index < -0.39 is 0 Å². The molecule has 82 valence electrons. The van der Waals surface area contributed by atoms with Gasteiger partial charge >= 0.3 is 0 Å². The highest BCUT2D eigenvalue weighted by atomic mass is 79.9. The molecule has 0 unspecified atom stereocenters. The van der Waals surface area contributed by atoms with Crippen molar-refractivity contribution in [2.45, 2.75) is 25.3 Å². The largest absolute Gasteiger partial charge is 0.314 e. The molecule has 2 aromatic rings. The van der Waals surface area contributed by atoms with E-state index in [0.29, 0.717) is 6.04 Å². The third kappa shape index (κ3) is 2.02. The van der Waals surface area contributed by atoms with Crippen molar-refractivity contribution in [2.24, 2.45) is 0 Å². The summed E-state index contributed by atoms with van der Waals surface area (Å²) in [4.78, 5) is 0. The fraction of sp³-hybridized carbons (Fsp3) is 0.333. The number of rotatable bonds is 3. The first-order chi connectivity index (χ1) is 7.83. The molecule has 1 aliphatic rings. The van der Waals surface area contributed by atoms with Crippen molar-refractivity contribution in [3.63, 3.8) is 0 Å². The van der Waals surface area contributed by atoms with E-state index in [4.69, 9.17) is 0 Å². The number of hydrogen-bond acceptors (Lipinski definition) is 2. The van der Waals surface area contributed by atoms with Crippen molar-refractivity contribution in [3.05, 3.63) is 46.5 Å². The van der Waals surface area contributed by atoms with Gasteiger partial charge in [0.25, 0.3) is 0 Å². The van der Waals surface area contributed by atoms with Crippen LogP contribution in [0.3, 0.4) is 0 Å². The van der Waals surface area contributed by atoms with Crippen molar-refractivity contribution in [1.29, 1.82) is 0 Å². The SMILES string of the molecule is Brc1ccc(Cc2nncn2C2CC2)cc1. The van der Waals surface area contributed by atoms with Crippen LogP contribution in [-0.2, 0) is 6.42 Å². The lowest BCUT2D eigenvalue weighted by molar-refractivity contribution is 0.694. The lowest BCUT2D eigenvalue weighted by atomic mass is 10.1. The number of nitrogens with zero attached hydrogens (tertiary/aromatic N) is 3. The average molecular weight is 278 g/mol. The molecule has 1 heterocycles. The minimum atomic E-state index is 0.653. The lowest BCUT2D eigenvalue weighted by Gasteiger charge is -2.04. The molecule has 16 heavy (non-hydrogen) atoms. The molecule has 0 amide bonds. The maximum Gasteiger partial charge on any atom is 0.137 e. The molecule has 0 saturated heterocycles. The first-order valence-electron chi connectivity index (χ1n) is 5.46. The summed E-state index contributed by atoms with van der Waals surface area (Å²) in [6.07, 6.45) is 5.26. The zero-order valence-electron chi connectivity index (χ0n) is 8.81. The Balaban J connectivity index is 1.82. The smallest absolute Gasteiger partial charge is 0.137 e. The second kappa shape index (κ2) is 4.01. The molecule has 3 nitrogen and oxygen atoms in total. The van der Waals surface area contributed by atoms with E-state index in [1.807, 2.05) is 6.33 Å². The number of halogens is 1. The second-order valence-electron chi connectivity index (χ2n) is 4.19. The minimum Gasteiger partial charge on any atom is -0.314 e. The van der Waals surface area contributed by atoms with Crippen LogP contribution >= 0.6 is 15.9 Å². The molecule has 4 heteroatoms. The van der Waals surface area contributed by atoms with Crippen LogP contribution in [0, 0.1) is 0 Å². The van der Waals surface area contributed by atoms with Crippen LogP contribution in [0.1, 0.15) is 30.3 Å². The van der Waals surface area contributed by atoms with Gasteiger partial charge in [0.05, 0.1) is 0 Å². The van der Waals surface area contributed by atoms with Gasteiger partial charge in [0, 0.05) is 16.9 Å². The first kappa shape index (κ1) is 10.0. The van der Waals surface area contributed by atoms with E-state index in [1.165, 1.54) is 18.4 Å². The Morgan fingerprint density at radius 3 is 2.69 bits per heavy atom. The molecule has 0 N–H and O–H groups in total. The van der Waals surface area contributed by atoms with Gasteiger partial charge in [-0.3, -0.25) is 0 Å². The normalized spacial score (nSPS) is 15.3. The number of benzene rings is 1. The zero-order chi connectivity index (χ0) is 11.0. The number of hydrogen-bond donors (Lipinski definition) is 0. The van der Waals surface area contributed by atoms with Crippen molar-refractivity contribution >= 4 is 15.9 Å². The highest BCUT2D eigenvalue weighted by Crippen LogP contribution is 2.35. The monoisotopic (exact) mass is 277 g/mol. The summed E-state index contributed by atoms with van der Waals surface area (Å²) in [6.45, 7) is 0. The summed E-state index contributed by atoms with van der Waals surface area (Å²) >= 11 is 3.44. The molecule has 1 saturated carbocycles. The summed E-state index contributed by atoms with van der Waals surface area (Å²) < 4.78 is 3.32. The van der Waals surface area contributed by atoms with E-state index in [9.17, 15) is 0 Å². The van der Waals surface area contributed by atoms with Crippen LogP contribution in [0.25, 0.3) is 0 Å². The van der Waals surface area contributed by atoms with Crippen LogP contribution in [0.15, 0.2) is 35.1 Å². The molecular weight excluding hydrogens is 266 g/mol. The Labute approximate surface area is 103 Å². The standard InChI is InChI=1S/C12H12BrN3/c13-10-3-1-9(2-4-10)7-12-15-14-8-16(12)11-5-6-11/h1-4,8,11H,5-7H2. The van der Waals surface area contributed by atoms with Gasteiger partial charge in [-0.05, 0) is 30.5 Å². The van der Waals surface area contributed by atoms with Gasteiger partial charge in [0.2, 0.25) is 0 Å². The summed E-state index contributed by atoms with van der Waals surface area (Å²) in [6, 6.07) is 9.02. The quantitative estimate of drug-likeness (QED) is 0.864. The fourth-order valence-electron chi connectivity index (χ4n) is 1.84. The summed E-state index contributed by atoms with van der Waals surface area (Å²) in [5.74, 6) is 1.07. The topological polar surface area (TPSA) is 30.7 Å². The first-order valence-corrected chi connectivity index (χ1v) is 6.25. The summed E-state index contributed by atoms with van der Waals surface area (Å²) in [7, 11) is 0. The molecule has 0 spiro atoms. The third-order valence-corrected chi connectivity index (χ3v) is 3.39. The van der Waals surface area contributed by atoms with Crippen LogP contribution in [0.2, 0.25) is 0 Å². The highest BCUT2D eigenvalue weighted by molar-refractivity contribution is 9.10. The molecule has 0 bridgehead atoms. The fourth-order valence-corrected chi connectivity index (χ4v) is 2.10. The van der Waals surface area contributed by atoms with Crippen molar-refractivity contribution in [1.82, 2.24) is 14.8 Å². The highest BCUT2D eigenvalue weighted by Gasteiger charge is 2.25. The molecule has 0 aliphatic heterocycles. The van der Waals surface area contributed by atoms with E-state index >= 15 is 0 Å². The third-order valence-electron chi connectivity index (χ3n) is 2.86. The maximum atomic E-state index is 4.20. The molecule has 0 atom stereocenters. The van der Waals surface area contributed by atoms with Crippen LogP contribution < -0.4 is 0 Å². The Bertz CT molecular complexity index is 485. The van der Waals surface area contributed by atoms with E-state index in [1.54, 1.807) is 0 Å². The molecular formula is C12H12BrN3. The Kier molecular flexibility index (Phi) is 2.52. The van der Waals surface area contributed by atoms with E-state index in [0.717, 1.165) is 16.7 Å². The molecule has 1 aromatic carbocycles. The lowest BCUT2D eigenvalue weighted by Crippen LogP contribution is -2.01. The van der Waals surface area contributed by atoms with Crippen LogP contribution in [0.5, 0.6) is 0 Å². The van der Waals surface area contributed by atoms with Gasteiger partial charge in [-0.1, -0.05) is 28.1 Å². The minimum absolute atomic E-state index is 0.653. The Morgan fingerprint density at radius 1 is 1.25 bits per heavy atom. The predicted molar refractivity (Wildman–Crippen MR) is 65.2 cm³/mol. The van der Waals surface area contributed by atoms with Crippen molar-refractivity contribution in [2.75, 3.05) is 0 Å². The van der Waals surface area contributed by atoms with Crippen molar-refractivity contribution in [3.8, 4) is 0 Å². The van der Waals surface area contributed by atoms with Crippen LogP contribution in [0.4, 0.5) is 0 Å². The predicted octanol–water partition coefficient (Wildman–Crippen LogP) is 2.97. The molecule has 3 rings (SSSR count). The van der Waals surface area contributed by atoms with Gasteiger partial charge in [-0.2, -0.15) is 0 Å². The Hall–Kier alpha value is -1.16. The zero-order valence-corrected chi connectivity index (χ0v) is 10.4. The molecule has 1 aromatic heterocycles. The van der Waals surface area contributed by atoms with Gasteiger partial charge in [-0.15, -0.1) is 10.2 Å². The number of aromatic nitrogens is 3.